The smallest absolute Gasteiger partial charge is 0.200 e. The molecule has 0 bridgehead atoms. The van der Waals surface area contributed by atoms with E-state index in [0.717, 1.165) is 41.6 Å². The fourth-order valence-electron chi connectivity index (χ4n) is 3.52. The summed E-state index contributed by atoms with van der Waals surface area (Å²) in [5, 5.41) is 9.38. The first kappa shape index (κ1) is 22.4. The lowest BCUT2D eigenvalue weighted by Gasteiger charge is -2.11. The van der Waals surface area contributed by atoms with Gasteiger partial charge >= 0.3 is 0 Å². The fourth-order valence-corrected chi connectivity index (χ4v) is 4.35. The summed E-state index contributed by atoms with van der Waals surface area (Å²) in [7, 11) is 1.71. The van der Waals surface area contributed by atoms with Crippen LogP contribution in [0.15, 0.2) is 34.0 Å². The number of hydrogen-bond acceptors (Lipinski definition) is 6. The average molecular weight is 431 g/mol. The minimum Gasteiger partial charge on any atom is -0.461 e. The van der Waals surface area contributed by atoms with Gasteiger partial charge in [0.05, 0.1) is 12.0 Å². The van der Waals surface area contributed by atoms with Crippen LogP contribution in [-0.4, -0.2) is 44.6 Å². The summed E-state index contributed by atoms with van der Waals surface area (Å²) in [6.45, 7) is 10.6. The van der Waals surface area contributed by atoms with E-state index in [9.17, 15) is 4.79 Å². The molecule has 0 N–H and O–H groups in total. The van der Waals surface area contributed by atoms with Crippen molar-refractivity contribution in [2.75, 3.05) is 19.5 Å². The number of Topliss-reactive ketones (excluding diaryl/α,β-unsaturated/α-hetero) is 1. The number of aryl methyl sites for hydroxylation is 1. The number of thioether (sulfide) groups is 1. The Morgan fingerprint density at radius 3 is 2.73 bits per heavy atom. The molecule has 0 saturated heterocycles. The van der Waals surface area contributed by atoms with Gasteiger partial charge in [0, 0.05) is 43.8 Å². The number of ether oxygens (including phenoxy) is 1. The monoisotopic (exact) mass is 430 g/mol. The topological polar surface area (TPSA) is 75.1 Å². The summed E-state index contributed by atoms with van der Waals surface area (Å²) in [5.41, 5.74) is 2.88. The second-order valence-corrected chi connectivity index (χ2v) is 8.73. The lowest BCUT2D eigenvalue weighted by molar-refractivity contribution is 0.102. The standard InChI is InChI=1S/C22H30N4O3S/c1-15(2)13-26-21(20-8-6-11-29-20)23-24-22(26)30-14-19(27)18-12-16(3)25(17(18)4)9-7-10-28-5/h6,8,11-12,15H,7,9-10,13-14H2,1-5H3. The van der Waals surface area contributed by atoms with Crippen LogP contribution in [0.1, 0.15) is 42.0 Å². The molecule has 0 spiro atoms. The number of carbonyl (C=O) groups is 1. The molecule has 3 rings (SSSR count). The average Bonchev–Trinajstić information content (AvgIpc) is 3.42. The first-order valence-electron chi connectivity index (χ1n) is 10.2. The second-order valence-electron chi connectivity index (χ2n) is 7.78. The number of rotatable bonds is 11. The first-order valence-corrected chi connectivity index (χ1v) is 11.2. The number of carbonyl (C=O) groups excluding carboxylic acids is 1. The highest BCUT2D eigenvalue weighted by atomic mass is 32.2. The molecule has 3 aromatic rings. The van der Waals surface area contributed by atoms with Crippen molar-refractivity contribution < 1.29 is 13.9 Å². The number of nitrogens with zero attached hydrogens (tertiary/aromatic N) is 4. The van der Waals surface area contributed by atoms with Gasteiger partial charge in [0.2, 0.25) is 0 Å². The van der Waals surface area contributed by atoms with Gasteiger partial charge in [0.15, 0.2) is 22.5 Å². The van der Waals surface area contributed by atoms with Crippen molar-refractivity contribution in [1.82, 2.24) is 19.3 Å². The number of furan rings is 1. The molecule has 0 aliphatic heterocycles. The van der Waals surface area contributed by atoms with E-state index < -0.39 is 0 Å². The van der Waals surface area contributed by atoms with Gasteiger partial charge in [-0.15, -0.1) is 10.2 Å². The molecule has 0 radical (unpaired) electrons. The van der Waals surface area contributed by atoms with Crippen molar-refractivity contribution in [3.63, 3.8) is 0 Å². The zero-order chi connectivity index (χ0) is 21.7. The molecule has 162 valence electrons. The summed E-state index contributed by atoms with van der Waals surface area (Å²) in [5.74, 6) is 2.21. The van der Waals surface area contributed by atoms with Crippen LogP contribution in [0, 0.1) is 19.8 Å². The maximum absolute atomic E-state index is 13.0. The first-order chi connectivity index (χ1) is 14.4. The number of hydrogen-bond donors (Lipinski definition) is 0. The normalized spacial score (nSPS) is 11.5. The molecule has 0 unspecified atom stereocenters. The van der Waals surface area contributed by atoms with E-state index in [1.165, 1.54) is 11.8 Å². The highest BCUT2D eigenvalue weighted by molar-refractivity contribution is 7.99. The van der Waals surface area contributed by atoms with E-state index in [2.05, 4.69) is 28.6 Å². The third-order valence-electron chi connectivity index (χ3n) is 4.94. The predicted octanol–water partition coefficient (Wildman–Crippen LogP) is 4.62. The Hall–Kier alpha value is -2.32. The summed E-state index contributed by atoms with van der Waals surface area (Å²) in [6.07, 6.45) is 2.55. The minimum atomic E-state index is 0.102. The van der Waals surface area contributed by atoms with E-state index in [0.29, 0.717) is 29.9 Å². The maximum Gasteiger partial charge on any atom is 0.200 e. The molecule has 0 aliphatic carbocycles. The second kappa shape index (κ2) is 10.1. The Bertz CT molecular complexity index is 973. The Labute approximate surface area is 181 Å². The molecule has 0 amide bonds. The molecule has 0 atom stereocenters. The van der Waals surface area contributed by atoms with Crippen LogP contribution in [0.5, 0.6) is 0 Å². The summed E-state index contributed by atoms with van der Waals surface area (Å²) in [4.78, 5) is 13.0. The molecule has 3 aromatic heterocycles. The minimum absolute atomic E-state index is 0.102. The summed E-state index contributed by atoms with van der Waals surface area (Å²) in [6, 6.07) is 5.69. The Kier molecular flexibility index (Phi) is 7.55. The van der Waals surface area contributed by atoms with Gasteiger partial charge in [-0.05, 0) is 44.4 Å². The predicted molar refractivity (Wildman–Crippen MR) is 118 cm³/mol. The van der Waals surface area contributed by atoms with Crippen LogP contribution in [0.4, 0.5) is 0 Å². The lowest BCUT2D eigenvalue weighted by atomic mass is 10.2. The molecular formula is C22H30N4O3S. The number of aromatic nitrogens is 4. The van der Waals surface area contributed by atoms with Gasteiger partial charge in [-0.2, -0.15) is 0 Å². The third kappa shape index (κ3) is 5.05. The van der Waals surface area contributed by atoms with E-state index >= 15 is 0 Å². The van der Waals surface area contributed by atoms with Crippen molar-refractivity contribution in [2.45, 2.75) is 52.4 Å². The van der Waals surface area contributed by atoms with Crippen LogP contribution in [0.3, 0.4) is 0 Å². The highest BCUT2D eigenvalue weighted by Crippen LogP contribution is 2.27. The van der Waals surface area contributed by atoms with Crippen molar-refractivity contribution in [2.24, 2.45) is 5.92 Å². The molecule has 0 aliphatic rings. The SMILES string of the molecule is COCCCn1c(C)cc(C(=O)CSc2nnc(-c3ccco3)n2CC(C)C)c1C. The van der Waals surface area contributed by atoms with Gasteiger partial charge in [-0.3, -0.25) is 9.36 Å². The number of ketones is 1. The third-order valence-corrected chi connectivity index (χ3v) is 5.91. The largest absolute Gasteiger partial charge is 0.461 e. The van der Waals surface area contributed by atoms with Crippen molar-refractivity contribution in [3.8, 4) is 11.6 Å². The Morgan fingerprint density at radius 1 is 1.27 bits per heavy atom. The van der Waals surface area contributed by atoms with Crippen molar-refractivity contribution in [1.29, 1.82) is 0 Å². The molecule has 30 heavy (non-hydrogen) atoms. The lowest BCUT2D eigenvalue weighted by Crippen LogP contribution is -2.10. The van der Waals surface area contributed by atoms with E-state index in [-0.39, 0.29) is 5.78 Å². The van der Waals surface area contributed by atoms with Gasteiger partial charge < -0.3 is 13.7 Å². The molecule has 0 saturated carbocycles. The van der Waals surface area contributed by atoms with Crippen molar-refractivity contribution >= 4 is 17.5 Å². The zero-order valence-corrected chi connectivity index (χ0v) is 19.2. The fraction of sp³-hybridized carbons (Fsp3) is 0.500. The Balaban J connectivity index is 1.74. The summed E-state index contributed by atoms with van der Waals surface area (Å²) < 4.78 is 14.9. The molecule has 3 heterocycles. The van der Waals surface area contributed by atoms with Crippen LogP contribution >= 0.6 is 11.8 Å². The zero-order valence-electron chi connectivity index (χ0n) is 18.3. The maximum atomic E-state index is 13.0. The molecular weight excluding hydrogens is 400 g/mol. The van der Waals surface area contributed by atoms with Gasteiger partial charge in [-0.25, -0.2) is 0 Å². The quantitative estimate of drug-likeness (QED) is 0.251. The van der Waals surface area contributed by atoms with Crippen LogP contribution < -0.4 is 0 Å². The van der Waals surface area contributed by atoms with Gasteiger partial charge in [-0.1, -0.05) is 25.6 Å². The van der Waals surface area contributed by atoms with E-state index in [1.54, 1.807) is 13.4 Å². The van der Waals surface area contributed by atoms with E-state index in [4.69, 9.17) is 9.15 Å². The summed E-state index contributed by atoms with van der Waals surface area (Å²) >= 11 is 1.42. The Morgan fingerprint density at radius 2 is 2.07 bits per heavy atom. The highest BCUT2D eigenvalue weighted by Gasteiger charge is 2.20. The molecule has 0 aromatic carbocycles. The van der Waals surface area contributed by atoms with Crippen LogP contribution in [0.25, 0.3) is 11.6 Å². The van der Waals surface area contributed by atoms with Crippen LogP contribution in [0.2, 0.25) is 0 Å². The number of methoxy groups -OCH3 is 1. The van der Waals surface area contributed by atoms with Crippen molar-refractivity contribution in [3.05, 3.63) is 41.4 Å². The van der Waals surface area contributed by atoms with Gasteiger partial charge in [0.1, 0.15) is 0 Å². The molecule has 0 fully saturated rings. The van der Waals surface area contributed by atoms with Crippen LogP contribution in [-0.2, 0) is 17.8 Å². The molecule has 8 heteroatoms. The molecule has 7 nitrogen and oxygen atoms in total. The van der Waals surface area contributed by atoms with Gasteiger partial charge in [0.25, 0.3) is 0 Å². The van der Waals surface area contributed by atoms with E-state index in [1.807, 2.05) is 36.6 Å².